The van der Waals surface area contributed by atoms with E-state index in [-0.39, 0.29) is 11.4 Å². The predicted molar refractivity (Wildman–Crippen MR) is 86.4 cm³/mol. The van der Waals surface area contributed by atoms with Gasteiger partial charge in [0.15, 0.2) is 5.79 Å². The van der Waals surface area contributed by atoms with Crippen molar-refractivity contribution in [3.63, 3.8) is 0 Å². The van der Waals surface area contributed by atoms with E-state index in [1.165, 1.54) is 25.7 Å². The summed E-state index contributed by atoms with van der Waals surface area (Å²) < 4.78 is 29.8. The molecule has 0 aromatic rings. The van der Waals surface area contributed by atoms with Gasteiger partial charge in [-0.25, -0.2) is 0 Å². The lowest BCUT2D eigenvalue weighted by Gasteiger charge is -2.60. The standard InChI is InChI=1S/C19H30O5/c1-14-10-19(22-8-9-23-19)15-11-16(14,6-7-21-13-20-2)17-4-3-5-18(15,17)24-12-17/h14-15H,3-13H2,1-2H3/t14-,15-,16-,17+,18-/m0/s1. The van der Waals surface area contributed by atoms with E-state index in [0.29, 0.717) is 29.5 Å². The Hall–Kier alpha value is -0.200. The van der Waals surface area contributed by atoms with E-state index in [0.717, 1.165) is 39.3 Å². The zero-order valence-electron chi connectivity index (χ0n) is 15.0. The van der Waals surface area contributed by atoms with Crippen LogP contribution in [-0.4, -0.2) is 51.7 Å². The third-order valence-corrected chi connectivity index (χ3v) is 8.36. The van der Waals surface area contributed by atoms with Crippen molar-refractivity contribution in [3.8, 4) is 0 Å². The van der Waals surface area contributed by atoms with E-state index < -0.39 is 0 Å². The maximum Gasteiger partial charge on any atom is 0.174 e. The van der Waals surface area contributed by atoms with Crippen molar-refractivity contribution in [1.82, 2.24) is 0 Å². The number of hydrogen-bond acceptors (Lipinski definition) is 5. The highest BCUT2D eigenvalue weighted by molar-refractivity contribution is 5.31. The molecule has 3 saturated carbocycles. The monoisotopic (exact) mass is 338 g/mol. The van der Waals surface area contributed by atoms with Crippen molar-refractivity contribution in [2.24, 2.45) is 22.7 Å². The lowest BCUT2D eigenvalue weighted by Crippen LogP contribution is -2.65. The van der Waals surface area contributed by atoms with Crippen LogP contribution in [0.4, 0.5) is 0 Å². The molecule has 3 aliphatic carbocycles. The van der Waals surface area contributed by atoms with Crippen LogP contribution in [0, 0.1) is 22.7 Å². The molecule has 0 N–H and O–H groups in total. The number of fused-ring (bicyclic) bond motifs is 3. The van der Waals surface area contributed by atoms with Gasteiger partial charge in [0.25, 0.3) is 0 Å². The minimum absolute atomic E-state index is 0.00333. The first-order chi connectivity index (χ1) is 11.6. The van der Waals surface area contributed by atoms with Crippen molar-refractivity contribution in [2.75, 3.05) is 40.3 Å². The van der Waals surface area contributed by atoms with Crippen LogP contribution < -0.4 is 0 Å². The van der Waals surface area contributed by atoms with Gasteiger partial charge in [-0.05, 0) is 43.4 Å². The summed E-state index contributed by atoms with van der Waals surface area (Å²) in [6, 6.07) is 0. The average Bonchev–Trinajstić information content (AvgIpc) is 3.14. The third-order valence-electron chi connectivity index (χ3n) is 8.36. The van der Waals surface area contributed by atoms with Gasteiger partial charge in [0.05, 0.1) is 25.4 Å². The van der Waals surface area contributed by atoms with Crippen molar-refractivity contribution >= 4 is 0 Å². The van der Waals surface area contributed by atoms with E-state index in [2.05, 4.69) is 6.92 Å². The van der Waals surface area contributed by atoms with Gasteiger partial charge in [-0.3, -0.25) is 0 Å². The van der Waals surface area contributed by atoms with E-state index in [1.54, 1.807) is 7.11 Å². The molecule has 5 aliphatic rings. The molecule has 0 aromatic carbocycles. The molecule has 5 nitrogen and oxygen atoms in total. The van der Waals surface area contributed by atoms with Crippen molar-refractivity contribution in [3.05, 3.63) is 0 Å². The molecule has 0 unspecified atom stereocenters. The zero-order valence-corrected chi connectivity index (χ0v) is 15.0. The molecule has 2 saturated heterocycles. The van der Waals surface area contributed by atoms with Gasteiger partial charge in [-0.15, -0.1) is 0 Å². The van der Waals surface area contributed by atoms with Gasteiger partial charge in [0.1, 0.15) is 6.79 Å². The largest absolute Gasteiger partial charge is 0.373 e. The van der Waals surface area contributed by atoms with Crippen molar-refractivity contribution in [1.29, 1.82) is 0 Å². The molecule has 2 heterocycles. The van der Waals surface area contributed by atoms with Crippen LogP contribution >= 0.6 is 0 Å². The fourth-order valence-electron chi connectivity index (χ4n) is 7.55. The van der Waals surface area contributed by atoms with Crippen LogP contribution in [0.2, 0.25) is 0 Å². The summed E-state index contributed by atoms with van der Waals surface area (Å²) in [7, 11) is 1.69. The molecule has 5 rings (SSSR count). The average molecular weight is 338 g/mol. The number of methoxy groups -OCH3 is 1. The van der Waals surface area contributed by atoms with Gasteiger partial charge in [0.2, 0.25) is 0 Å². The molecule has 0 amide bonds. The Morgan fingerprint density at radius 3 is 2.62 bits per heavy atom. The first-order valence-corrected chi connectivity index (χ1v) is 9.63. The van der Waals surface area contributed by atoms with E-state index in [9.17, 15) is 0 Å². The number of hydrogen-bond donors (Lipinski definition) is 0. The van der Waals surface area contributed by atoms with Crippen LogP contribution in [0.3, 0.4) is 0 Å². The highest BCUT2D eigenvalue weighted by Gasteiger charge is 2.85. The second-order valence-corrected chi connectivity index (χ2v) is 8.71. The van der Waals surface area contributed by atoms with Crippen LogP contribution in [0.15, 0.2) is 0 Å². The molecule has 0 radical (unpaired) electrons. The molecule has 136 valence electrons. The maximum absolute atomic E-state index is 6.43. The van der Waals surface area contributed by atoms with Crippen LogP contribution in [0.1, 0.15) is 45.4 Å². The minimum atomic E-state index is -0.386. The van der Waals surface area contributed by atoms with Crippen LogP contribution in [0.5, 0.6) is 0 Å². The van der Waals surface area contributed by atoms with Gasteiger partial charge in [-0.2, -0.15) is 0 Å². The topological polar surface area (TPSA) is 46.2 Å². The zero-order chi connectivity index (χ0) is 16.5. The van der Waals surface area contributed by atoms with E-state index in [1.807, 2.05) is 0 Å². The van der Waals surface area contributed by atoms with Crippen molar-refractivity contribution in [2.45, 2.75) is 56.8 Å². The predicted octanol–water partition coefficient (Wildman–Crippen LogP) is 2.73. The van der Waals surface area contributed by atoms with E-state index >= 15 is 0 Å². The maximum atomic E-state index is 6.43. The fourth-order valence-corrected chi connectivity index (χ4v) is 7.55. The Balaban J connectivity index is 1.51. The smallest absolute Gasteiger partial charge is 0.174 e. The molecule has 0 aromatic heterocycles. The molecule has 2 bridgehead atoms. The summed E-state index contributed by atoms with van der Waals surface area (Å²) in [5.41, 5.74) is 0.628. The van der Waals surface area contributed by atoms with E-state index in [4.69, 9.17) is 23.7 Å². The molecular weight excluding hydrogens is 308 g/mol. The van der Waals surface area contributed by atoms with Crippen molar-refractivity contribution < 1.29 is 23.7 Å². The Kier molecular flexibility index (Phi) is 3.45. The summed E-state index contributed by atoms with van der Waals surface area (Å²) in [5, 5.41) is 0. The molecule has 5 heteroatoms. The summed E-state index contributed by atoms with van der Waals surface area (Å²) in [5.74, 6) is 0.576. The van der Waals surface area contributed by atoms with Crippen LogP contribution in [-0.2, 0) is 23.7 Å². The number of ether oxygens (including phenoxy) is 5. The van der Waals surface area contributed by atoms with Gasteiger partial charge in [0, 0.05) is 31.5 Å². The minimum Gasteiger partial charge on any atom is -0.373 e. The summed E-state index contributed by atoms with van der Waals surface area (Å²) >= 11 is 0. The third kappa shape index (κ3) is 1.60. The summed E-state index contributed by atoms with van der Waals surface area (Å²) in [4.78, 5) is 0. The Morgan fingerprint density at radius 1 is 1.08 bits per heavy atom. The highest BCUT2D eigenvalue weighted by Crippen LogP contribution is 2.82. The van der Waals surface area contributed by atoms with Crippen LogP contribution in [0.25, 0.3) is 0 Å². The SMILES string of the molecule is COCOCC[C@]12C[C@H](C3(C[C@@H]1C)OCCO3)[C@@]13CCC[C@@]21CO3. The first-order valence-electron chi connectivity index (χ1n) is 9.63. The molecular formula is C19H30O5. The molecule has 5 fully saturated rings. The normalized spacial score (nSPS) is 50.8. The van der Waals surface area contributed by atoms with Gasteiger partial charge >= 0.3 is 0 Å². The lowest BCUT2D eigenvalue weighted by molar-refractivity contribution is -0.307. The molecule has 24 heavy (non-hydrogen) atoms. The number of rotatable bonds is 5. The fraction of sp³-hybridized carbons (Fsp3) is 1.00. The van der Waals surface area contributed by atoms with Gasteiger partial charge in [-0.1, -0.05) is 6.92 Å². The quantitative estimate of drug-likeness (QED) is 0.570. The first kappa shape index (κ1) is 16.0. The summed E-state index contributed by atoms with van der Waals surface area (Å²) in [6.45, 7) is 5.97. The molecule has 2 aliphatic heterocycles. The Labute approximate surface area is 144 Å². The second-order valence-electron chi connectivity index (χ2n) is 8.71. The molecule has 1 spiro atoms. The second kappa shape index (κ2) is 5.17. The Morgan fingerprint density at radius 2 is 1.92 bits per heavy atom. The highest BCUT2D eigenvalue weighted by atomic mass is 16.7. The lowest BCUT2D eigenvalue weighted by atomic mass is 9.53. The van der Waals surface area contributed by atoms with Gasteiger partial charge < -0.3 is 23.7 Å². The Bertz CT molecular complexity index is 518. The molecule has 5 atom stereocenters. The summed E-state index contributed by atoms with van der Waals surface area (Å²) in [6.07, 6.45) is 7.04.